The molecule has 0 amide bonds. The Morgan fingerprint density at radius 1 is 1.42 bits per heavy atom. The van der Waals surface area contributed by atoms with E-state index in [0.29, 0.717) is 0 Å². The number of halogens is 3. The monoisotopic (exact) mass is 231 g/mol. The van der Waals surface area contributed by atoms with Crippen molar-refractivity contribution in [1.29, 1.82) is 5.26 Å². The van der Waals surface area contributed by atoms with Crippen molar-refractivity contribution in [2.75, 3.05) is 0 Å². The Kier molecular flexibility index (Phi) is 2.77. The minimum Gasteiger partial charge on any atom is -0.207 e. The Labute approximate surface area is 76.8 Å². The van der Waals surface area contributed by atoms with Gasteiger partial charge in [-0.1, -0.05) is 22.0 Å². The second kappa shape index (κ2) is 3.63. The van der Waals surface area contributed by atoms with Gasteiger partial charge in [0, 0.05) is 11.6 Å². The summed E-state index contributed by atoms with van der Waals surface area (Å²) in [5, 5.41) is 8.42. The fraction of sp³-hybridized carbons (Fsp3) is 0.125. The van der Waals surface area contributed by atoms with E-state index in [2.05, 4.69) is 15.9 Å². The van der Waals surface area contributed by atoms with Crippen LogP contribution in [0.2, 0.25) is 0 Å². The first kappa shape index (κ1) is 9.14. The summed E-state index contributed by atoms with van der Waals surface area (Å²) < 4.78 is 25.2. The molecule has 1 nitrogen and oxygen atoms in total. The zero-order valence-corrected chi connectivity index (χ0v) is 7.48. The molecule has 0 aliphatic rings. The van der Waals surface area contributed by atoms with Crippen molar-refractivity contribution in [3.63, 3.8) is 0 Å². The van der Waals surface area contributed by atoms with Crippen LogP contribution in [-0.2, 0) is 0 Å². The first-order chi connectivity index (χ1) is 5.65. The molecule has 1 aromatic carbocycles. The van der Waals surface area contributed by atoms with Crippen LogP contribution in [0.25, 0.3) is 0 Å². The number of nitriles is 1. The summed E-state index contributed by atoms with van der Waals surface area (Å²) in [5.41, 5.74) is 0.152. The van der Waals surface area contributed by atoms with E-state index >= 15 is 0 Å². The highest BCUT2D eigenvalue weighted by molar-refractivity contribution is 9.09. The molecular formula is C8H4BrF2N. The van der Waals surface area contributed by atoms with Crippen molar-refractivity contribution >= 4 is 15.9 Å². The van der Waals surface area contributed by atoms with Crippen molar-refractivity contribution in [3.8, 4) is 6.07 Å². The largest absolute Gasteiger partial charge is 0.207 e. The van der Waals surface area contributed by atoms with E-state index in [9.17, 15) is 8.78 Å². The van der Waals surface area contributed by atoms with E-state index in [1.54, 1.807) is 6.07 Å². The number of hydrogen-bond donors (Lipinski definition) is 0. The molecular weight excluding hydrogens is 228 g/mol. The molecule has 1 unspecified atom stereocenters. The molecule has 0 aliphatic carbocycles. The predicted molar refractivity (Wildman–Crippen MR) is 43.6 cm³/mol. The summed E-state index contributed by atoms with van der Waals surface area (Å²) in [6.07, 6.45) is 0. The Balaban J connectivity index is 3.11. The molecule has 0 radical (unpaired) electrons. The van der Waals surface area contributed by atoms with E-state index in [1.165, 1.54) is 6.07 Å². The number of alkyl halides is 1. The Bertz CT molecular complexity index is 332. The molecule has 1 atom stereocenters. The van der Waals surface area contributed by atoms with Gasteiger partial charge in [0.05, 0.1) is 6.07 Å². The van der Waals surface area contributed by atoms with Crippen molar-refractivity contribution in [2.24, 2.45) is 0 Å². The Morgan fingerprint density at radius 3 is 2.58 bits per heavy atom. The fourth-order valence-corrected chi connectivity index (χ4v) is 1.15. The summed E-state index contributed by atoms with van der Waals surface area (Å²) in [6, 6.07) is 4.91. The summed E-state index contributed by atoms with van der Waals surface area (Å²) >= 11 is 2.94. The zero-order chi connectivity index (χ0) is 9.14. The quantitative estimate of drug-likeness (QED) is 0.683. The first-order valence-corrected chi connectivity index (χ1v) is 4.05. The molecule has 0 bridgehead atoms. The number of nitrogens with zero attached hydrogens (tertiary/aromatic N) is 1. The molecule has 0 heterocycles. The van der Waals surface area contributed by atoms with Crippen LogP contribution in [0.1, 0.15) is 10.4 Å². The smallest absolute Gasteiger partial charge is 0.131 e. The first-order valence-electron chi connectivity index (χ1n) is 3.14. The Hall–Kier alpha value is -0.950. The van der Waals surface area contributed by atoms with Crippen LogP contribution in [0.5, 0.6) is 0 Å². The molecule has 62 valence electrons. The van der Waals surface area contributed by atoms with Crippen LogP contribution < -0.4 is 0 Å². The van der Waals surface area contributed by atoms with Crippen molar-refractivity contribution in [2.45, 2.75) is 4.83 Å². The average molecular weight is 232 g/mol. The normalized spacial score (nSPS) is 12.2. The molecule has 0 N–H and O–H groups in total. The molecule has 0 spiro atoms. The summed E-state index contributed by atoms with van der Waals surface area (Å²) in [4.78, 5) is -0.724. The van der Waals surface area contributed by atoms with Gasteiger partial charge in [0.2, 0.25) is 0 Å². The van der Waals surface area contributed by atoms with Gasteiger partial charge in [-0.2, -0.15) is 5.26 Å². The summed E-state index contributed by atoms with van der Waals surface area (Å²) in [7, 11) is 0. The molecule has 0 saturated heterocycles. The lowest BCUT2D eigenvalue weighted by Crippen LogP contribution is -1.92. The van der Waals surface area contributed by atoms with E-state index < -0.39 is 16.5 Å². The number of benzene rings is 1. The topological polar surface area (TPSA) is 23.8 Å². The van der Waals surface area contributed by atoms with Crippen LogP contribution in [-0.4, -0.2) is 0 Å². The van der Waals surface area contributed by atoms with Gasteiger partial charge in [0.25, 0.3) is 0 Å². The third-order valence-electron chi connectivity index (χ3n) is 1.35. The molecule has 4 heteroatoms. The Morgan fingerprint density at radius 2 is 2.08 bits per heavy atom. The van der Waals surface area contributed by atoms with E-state index in [-0.39, 0.29) is 5.56 Å². The third kappa shape index (κ3) is 1.80. The van der Waals surface area contributed by atoms with Gasteiger partial charge in [-0.05, 0) is 6.07 Å². The minimum absolute atomic E-state index is 0.152. The lowest BCUT2D eigenvalue weighted by Gasteiger charge is -2.01. The predicted octanol–water partition coefficient (Wildman–Crippen LogP) is 2.92. The SMILES string of the molecule is N#CC(Br)c1ccc(F)cc1F. The molecule has 0 aliphatic heterocycles. The second-order valence-electron chi connectivity index (χ2n) is 2.16. The van der Waals surface area contributed by atoms with E-state index in [1.807, 2.05) is 0 Å². The van der Waals surface area contributed by atoms with Crippen LogP contribution in [0.3, 0.4) is 0 Å². The van der Waals surface area contributed by atoms with Gasteiger partial charge in [0.1, 0.15) is 16.5 Å². The van der Waals surface area contributed by atoms with Crippen molar-refractivity contribution in [1.82, 2.24) is 0 Å². The van der Waals surface area contributed by atoms with Gasteiger partial charge in [0.15, 0.2) is 0 Å². The maximum absolute atomic E-state index is 12.9. The molecule has 12 heavy (non-hydrogen) atoms. The highest BCUT2D eigenvalue weighted by Crippen LogP contribution is 2.24. The summed E-state index contributed by atoms with van der Waals surface area (Å²) in [6.45, 7) is 0. The highest BCUT2D eigenvalue weighted by atomic mass is 79.9. The molecule has 0 fully saturated rings. The van der Waals surface area contributed by atoms with Crippen LogP contribution in [0, 0.1) is 23.0 Å². The van der Waals surface area contributed by atoms with Gasteiger partial charge < -0.3 is 0 Å². The van der Waals surface area contributed by atoms with Gasteiger partial charge in [-0.3, -0.25) is 0 Å². The maximum atomic E-state index is 12.9. The maximum Gasteiger partial charge on any atom is 0.131 e. The highest BCUT2D eigenvalue weighted by Gasteiger charge is 2.11. The van der Waals surface area contributed by atoms with Crippen LogP contribution >= 0.6 is 15.9 Å². The van der Waals surface area contributed by atoms with Crippen molar-refractivity contribution < 1.29 is 8.78 Å². The van der Waals surface area contributed by atoms with E-state index in [0.717, 1.165) is 12.1 Å². The number of hydrogen-bond acceptors (Lipinski definition) is 1. The zero-order valence-electron chi connectivity index (χ0n) is 5.89. The fourth-order valence-electron chi connectivity index (χ4n) is 0.777. The van der Waals surface area contributed by atoms with Crippen LogP contribution in [0.15, 0.2) is 18.2 Å². The third-order valence-corrected chi connectivity index (χ3v) is 2.05. The van der Waals surface area contributed by atoms with Crippen LogP contribution in [0.4, 0.5) is 8.78 Å². The standard InChI is InChI=1S/C8H4BrF2N/c9-7(4-12)6-2-1-5(10)3-8(6)11/h1-3,7H. The lowest BCUT2D eigenvalue weighted by atomic mass is 10.1. The van der Waals surface area contributed by atoms with Crippen molar-refractivity contribution in [3.05, 3.63) is 35.4 Å². The lowest BCUT2D eigenvalue weighted by molar-refractivity contribution is 0.575. The second-order valence-corrected chi connectivity index (χ2v) is 3.07. The molecule has 0 saturated carbocycles. The number of rotatable bonds is 1. The summed E-state index contributed by atoms with van der Waals surface area (Å²) in [5.74, 6) is -1.35. The van der Waals surface area contributed by atoms with Gasteiger partial charge in [-0.25, -0.2) is 8.78 Å². The molecule has 1 aromatic rings. The minimum atomic E-state index is -0.724. The average Bonchev–Trinajstić information content (AvgIpc) is 2.03. The van der Waals surface area contributed by atoms with Gasteiger partial charge in [-0.15, -0.1) is 0 Å². The van der Waals surface area contributed by atoms with E-state index in [4.69, 9.17) is 5.26 Å². The molecule has 0 aromatic heterocycles. The molecule has 1 rings (SSSR count). The van der Waals surface area contributed by atoms with Gasteiger partial charge >= 0.3 is 0 Å².